The van der Waals surface area contributed by atoms with E-state index in [1.807, 2.05) is 36.4 Å². The van der Waals surface area contributed by atoms with Crippen LogP contribution in [0.15, 0.2) is 66.9 Å². The molecule has 3 aromatic rings. The van der Waals surface area contributed by atoms with Crippen molar-refractivity contribution >= 4 is 17.2 Å². The summed E-state index contributed by atoms with van der Waals surface area (Å²) in [5.74, 6) is -0.0459. The summed E-state index contributed by atoms with van der Waals surface area (Å²) in [6.45, 7) is 2.52. The van der Waals surface area contributed by atoms with Gasteiger partial charge in [-0.1, -0.05) is 60.7 Å². The number of hydrogen-bond acceptors (Lipinski definition) is 4. The zero-order valence-corrected chi connectivity index (χ0v) is 15.7. The Bertz CT molecular complexity index is 818. The molecule has 2 aromatic carbocycles. The van der Waals surface area contributed by atoms with Crippen molar-refractivity contribution in [3.05, 3.63) is 77.3 Å². The van der Waals surface area contributed by atoms with E-state index in [2.05, 4.69) is 46.5 Å². The highest BCUT2D eigenvalue weighted by Gasteiger charge is 2.11. The molecule has 4 nitrogen and oxygen atoms in total. The molecule has 0 aliphatic heterocycles. The first kappa shape index (κ1) is 18.3. The highest BCUT2D eigenvalue weighted by molar-refractivity contribution is 7.16. The number of thiazole rings is 1. The maximum absolute atomic E-state index is 12.3. The van der Waals surface area contributed by atoms with E-state index >= 15 is 0 Å². The lowest BCUT2D eigenvalue weighted by molar-refractivity contribution is 0.0955. The van der Waals surface area contributed by atoms with Gasteiger partial charge >= 0.3 is 0 Å². The molecule has 1 heterocycles. The first-order valence-corrected chi connectivity index (χ1v) is 9.56. The summed E-state index contributed by atoms with van der Waals surface area (Å²) < 4.78 is 0. The zero-order valence-electron chi connectivity index (χ0n) is 14.9. The normalized spacial score (nSPS) is 10.8. The molecule has 26 heavy (non-hydrogen) atoms. The minimum absolute atomic E-state index is 0.0459. The van der Waals surface area contributed by atoms with E-state index in [1.54, 1.807) is 6.20 Å². The molecule has 0 fully saturated rings. The van der Waals surface area contributed by atoms with Gasteiger partial charge in [-0.2, -0.15) is 0 Å². The van der Waals surface area contributed by atoms with Crippen LogP contribution in [0.3, 0.4) is 0 Å². The molecule has 0 saturated heterocycles. The number of hydrogen-bond donors (Lipinski definition) is 1. The van der Waals surface area contributed by atoms with E-state index in [0.717, 1.165) is 30.1 Å². The Morgan fingerprint density at radius 2 is 1.77 bits per heavy atom. The predicted molar refractivity (Wildman–Crippen MR) is 107 cm³/mol. The van der Waals surface area contributed by atoms with Gasteiger partial charge in [-0.15, -0.1) is 11.3 Å². The minimum Gasteiger partial charge on any atom is -0.351 e. The van der Waals surface area contributed by atoms with Gasteiger partial charge in [0.15, 0.2) is 0 Å². The standard InChI is InChI=1S/C21H23N3OS/c1-24(16-17-9-4-2-5-10-17)14-8-13-22-20(25)19-15-23-21(26-19)18-11-6-3-7-12-18/h2-7,9-12,15H,8,13-14,16H2,1H3,(H,22,25). The summed E-state index contributed by atoms with van der Waals surface area (Å²) in [6.07, 6.45) is 2.57. The molecule has 0 bridgehead atoms. The van der Waals surface area contributed by atoms with Crippen molar-refractivity contribution in [1.29, 1.82) is 0 Å². The number of aromatic nitrogens is 1. The Morgan fingerprint density at radius 3 is 2.50 bits per heavy atom. The third-order valence-electron chi connectivity index (χ3n) is 4.05. The first-order chi connectivity index (χ1) is 12.7. The fourth-order valence-electron chi connectivity index (χ4n) is 2.71. The average Bonchev–Trinajstić information content (AvgIpc) is 3.17. The Labute approximate surface area is 158 Å². The molecular weight excluding hydrogens is 342 g/mol. The zero-order chi connectivity index (χ0) is 18.2. The van der Waals surface area contributed by atoms with E-state index in [4.69, 9.17) is 0 Å². The van der Waals surface area contributed by atoms with Gasteiger partial charge in [0.25, 0.3) is 5.91 Å². The van der Waals surface area contributed by atoms with Crippen molar-refractivity contribution in [3.8, 4) is 10.6 Å². The molecule has 0 atom stereocenters. The number of nitrogens with zero attached hydrogens (tertiary/aromatic N) is 2. The van der Waals surface area contributed by atoms with Crippen LogP contribution in [0, 0.1) is 0 Å². The Balaban J connectivity index is 1.41. The third-order valence-corrected chi connectivity index (χ3v) is 5.09. The molecule has 0 spiro atoms. The molecule has 0 aliphatic carbocycles. The summed E-state index contributed by atoms with van der Waals surface area (Å²) in [6, 6.07) is 20.3. The van der Waals surface area contributed by atoms with Gasteiger partial charge < -0.3 is 10.2 Å². The van der Waals surface area contributed by atoms with Crippen LogP contribution in [-0.4, -0.2) is 35.9 Å². The van der Waals surface area contributed by atoms with Crippen molar-refractivity contribution in [1.82, 2.24) is 15.2 Å². The molecule has 0 saturated carbocycles. The van der Waals surface area contributed by atoms with Gasteiger partial charge in [0.2, 0.25) is 0 Å². The fraction of sp³-hybridized carbons (Fsp3) is 0.238. The van der Waals surface area contributed by atoms with Crippen LogP contribution in [0.2, 0.25) is 0 Å². The number of rotatable bonds is 8. The second-order valence-electron chi connectivity index (χ2n) is 6.23. The summed E-state index contributed by atoms with van der Waals surface area (Å²) >= 11 is 1.43. The monoisotopic (exact) mass is 365 g/mol. The van der Waals surface area contributed by atoms with E-state index in [9.17, 15) is 4.79 Å². The maximum atomic E-state index is 12.3. The molecule has 3 rings (SSSR count). The van der Waals surface area contributed by atoms with Crippen molar-refractivity contribution in [3.63, 3.8) is 0 Å². The third kappa shape index (κ3) is 5.25. The SMILES string of the molecule is CN(CCCNC(=O)c1cnc(-c2ccccc2)s1)Cc1ccccc1. The molecule has 1 amide bonds. The number of carbonyl (C=O) groups is 1. The Morgan fingerprint density at radius 1 is 1.08 bits per heavy atom. The number of benzene rings is 2. The number of amides is 1. The summed E-state index contributed by atoms with van der Waals surface area (Å²) in [7, 11) is 2.10. The van der Waals surface area contributed by atoms with Gasteiger partial charge in [-0.3, -0.25) is 4.79 Å². The van der Waals surface area contributed by atoms with Crippen molar-refractivity contribution in [2.45, 2.75) is 13.0 Å². The summed E-state index contributed by atoms with van der Waals surface area (Å²) in [4.78, 5) is 19.6. The quantitative estimate of drug-likeness (QED) is 0.612. The predicted octanol–water partition coefficient (Wildman–Crippen LogP) is 4.06. The lowest BCUT2D eigenvalue weighted by atomic mass is 10.2. The van der Waals surface area contributed by atoms with Gasteiger partial charge in [0.1, 0.15) is 9.88 Å². The van der Waals surface area contributed by atoms with Gasteiger partial charge in [-0.05, 0) is 25.6 Å². The van der Waals surface area contributed by atoms with Crippen LogP contribution in [0.25, 0.3) is 10.6 Å². The summed E-state index contributed by atoms with van der Waals surface area (Å²) in [5.41, 5.74) is 2.34. The van der Waals surface area contributed by atoms with Gasteiger partial charge in [-0.25, -0.2) is 4.98 Å². The molecule has 1 aromatic heterocycles. The molecular formula is C21H23N3OS. The molecule has 134 valence electrons. The van der Waals surface area contributed by atoms with Crippen molar-refractivity contribution in [2.24, 2.45) is 0 Å². The van der Waals surface area contributed by atoms with Gasteiger partial charge in [0.05, 0.1) is 6.20 Å². The highest BCUT2D eigenvalue weighted by Crippen LogP contribution is 2.24. The second kappa shape index (κ2) is 9.27. The lowest BCUT2D eigenvalue weighted by Crippen LogP contribution is -2.27. The number of carbonyl (C=O) groups excluding carboxylic acids is 1. The van der Waals surface area contributed by atoms with Gasteiger partial charge in [0, 0.05) is 18.7 Å². The van der Waals surface area contributed by atoms with Crippen LogP contribution in [-0.2, 0) is 6.54 Å². The molecule has 0 unspecified atom stereocenters. The van der Waals surface area contributed by atoms with Crippen LogP contribution in [0.4, 0.5) is 0 Å². The molecule has 0 radical (unpaired) electrons. The van der Waals surface area contributed by atoms with E-state index in [0.29, 0.717) is 11.4 Å². The van der Waals surface area contributed by atoms with Crippen LogP contribution in [0.1, 0.15) is 21.7 Å². The first-order valence-electron chi connectivity index (χ1n) is 8.74. The minimum atomic E-state index is -0.0459. The van der Waals surface area contributed by atoms with Crippen LogP contribution >= 0.6 is 11.3 Å². The topological polar surface area (TPSA) is 45.2 Å². The van der Waals surface area contributed by atoms with Crippen LogP contribution in [0.5, 0.6) is 0 Å². The van der Waals surface area contributed by atoms with Crippen LogP contribution < -0.4 is 5.32 Å². The highest BCUT2D eigenvalue weighted by atomic mass is 32.1. The summed E-state index contributed by atoms with van der Waals surface area (Å²) in [5, 5.41) is 3.86. The van der Waals surface area contributed by atoms with E-state index < -0.39 is 0 Å². The average molecular weight is 366 g/mol. The van der Waals surface area contributed by atoms with Crippen molar-refractivity contribution in [2.75, 3.05) is 20.1 Å². The Kier molecular flexibility index (Phi) is 6.52. The van der Waals surface area contributed by atoms with E-state index in [1.165, 1.54) is 16.9 Å². The second-order valence-corrected chi connectivity index (χ2v) is 7.26. The fourth-order valence-corrected chi connectivity index (χ4v) is 3.54. The smallest absolute Gasteiger partial charge is 0.263 e. The lowest BCUT2D eigenvalue weighted by Gasteiger charge is -2.16. The van der Waals surface area contributed by atoms with Crippen molar-refractivity contribution < 1.29 is 4.79 Å². The number of nitrogens with one attached hydrogen (secondary N) is 1. The largest absolute Gasteiger partial charge is 0.351 e. The molecule has 0 aliphatic rings. The molecule has 5 heteroatoms. The Hall–Kier alpha value is -2.50. The van der Waals surface area contributed by atoms with E-state index in [-0.39, 0.29) is 5.91 Å². The maximum Gasteiger partial charge on any atom is 0.263 e. The molecule has 1 N–H and O–H groups in total.